The quantitative estimate of drug-likeness (QED) is 0.580. The average molecular weight is 217 g/mol. The highest BCUT2D eigenvalue weighted by molar-refractivity contribution is 7.99. The third-order valence-corrected chi connectivity index (χ3v) is 3.62. The fourth-order valence-electron chi connectivity index (χ4n) is 1.32. The van der Waals surface area contributed by atoms with Crippen LogP contribution in [-0.2, 0) is 0 Å². The van der Waals surface area contributed by atoms with Crippen molar-refractivity contribution in [3.8, 4) is 0 Å². The van der Waals surface area contributed by atoms with Gasteiger partial charge in [-0.1, -0.05) is 19.8 Å². The molecule has 1 aliphatic rings. The van der Waals surface area contributed by atoms with Crippen LogP contribution in [0.3, 0.4) is 0 Å². The van der Waals surface area contributed by atoms with Crippen molar-refractivity contribution in [1.29, 1.82) is 0 Å². The smallest absolute Gasteiger partial charge is 0.0754 e. The van der Waals surface area contributed by atoms with E-state index in [4.69, 9.17) is 0 Å². The fourth-order valence-corrected chi connectivity index (χ4v) is 2.29. The molecule has 0 aromatic carbocycles. The summed E-state index contributed by atoms with van der Waals surface area (Å²) in [5.74, 6) is 2.10. The molecule has 1 saturated carbocycles. The van der Waals surface area contributed by atoms with Gasteiger partial charge in [0.15, 0.2) is 0 Å². The summed E-state index contributed by atoms with van der Waals surface area (Å²) in [4.78, 5) is 0. The zero-order chi connectivity index (χ0) is 10.2. The second-order valence-corrected chi connectivity index (χ2v) is 5.27. The van der Waals surface area contributed by atoms with E-state index in [0.29, 0.717) is 0 Å². The summed E-state index contributed by atoms with van der Waals surface area (Å²) in [7, 11) is 0. The first-order valence-corrected chi connectivity index (χ1v) is 6.97. The van der Waals surface area contributed by atoms with Crippen molar-refractivity contribution in [2.45, 2.75) is 51.2 Å². The van der Waals surface area contributed by atoms with E-state index in [9.17, 15) is 5.11 Å². The van der Waals surface area contributed by atoms with Gasteiger partial charge in [0.25, 0.3) is 0 Å². The molecule has 0 radical (unpaired) electrons. The molecule has 0 heterocycles. The van der Waals surface area contributed by atoms with Crippen LogP contribution in [0.1, 0.15) is 39.0 Å². The Morgan fingerprint density at radius 2 is 2.21 bits per heavy atom. The van der Waals surface area contributed by atoms with Crippen molar-refractivity contribution in [3.63, 3.8) is 0 Å². The maximum absolute atomic E-state index is 9.60. The Balaban J connectivity index is 1.79. The molecule has 2 nitrogen and oxygen atoms in total. The van der Waals surface area contributed by atoms with Gasteiger partial charge in [0.2, 0.25) is 0 Å². The number of aliphatic hydroxyl groups is 1. The molecule has 0 saturated heterocycles. The summed E-state index contributed by atoms with van der Waals surface area (Å²) < 4.78 is 0. The van der Waals surface area contributed by atoms with Crippen LogP contribution in [0.15, 0.2) is 0 Å². The van der Waals surface area contributed by atoms with E-state index in [1.54, 1.807) is 0 Å². The van der Waals surface area contributed by atoms with Crippen molar-refractivity contribution in [3.05, 3.63) is 0 Å². The van der Waals surface area contributed by atoms with Crippen LogP contribution in [-0.4, -0.2) is 35.3 Å². The number of rotatable bonds is 9. The highest BCUT2D eigenvalue weighted by Crippen LogP contribution is 2.18. The van der Waals surface area contributed by atoms with Crippen molar-refractivity contribution in [1.82, 2.24) is 5.32 Å². The predicted molar refractivity (Wildman–Crippen MR) is 63.9 cm³/mol. The molecule has 0 aromatic rings. The Morgan fingerprint density at radius 3 is 2.86 bits per heavy atom. The molecule has 84 valence electrons. The average Bonchev–Trinajstić information content (AvgIpc) is 2.98. The molecule has 0 aliphatic heterocycles. The summed E-state index contributed by atoms with van der Waals surface area (Å²) >= 11 is 1.88. The molecule has 0 spiro atoms. The van der Waals surface area contributed by atoms with Crippen LogP contribution in [0.2, 0.25) is 0 Å². The Morgan fingerprint density at radius 1 is 1.43 bits per heavy atom. The number of thioether (sulfide) groups is 1. The van der Waals surface area contributed by atoms with Gasteiger partial charge in [0, 0.05) is 18.3 Å². The summed E-state index contributed by atoms with van der Waals surface area (Å²) in [5, 5.41) is 12.9. The van der Waals surface area contributed by atoms with Gasteiger partial charge in [-0.25, -0.2) is 0 Å². The number of hydrogen-bond donors (Lipinski definition) is 2. The van der Waals surface area contributed by atoms with Crippen LogP contribution >= 0.6 is 11.8 Å². The molecular formula is C11H23NOS. The molecule has 3 heteroatoms. The summed E-state index contributed by atoms with van der Waals surface area (Å²) in [6.07, 6.45) is 6.36. The number of unbranched alkanes of at least 4 members (excludes halogenated alkanes) is 2. The van der Waals surface area contributed by atoms with Gasteiger partial charge in [-0.2, -0.15) is 11.8 Å². The van der Waals surface area contributed by atoms with Gasteiger partial charge < -0.3 is 10.4 Å². The van der Waals surface area contributed by atoms with Crippen LogP contribution in [0, 0.1) is 0 Å². The fraction of sp³-hybridized carbons (Fsp3) is 1.00. The summed E-state index contributed by atoms with van der Waals surface area (Å²) in [5.41, 5.74) is 0. The third-order valence-electron chi connectivity index (χ3n) is 2.42. The lowest BCUT2D eigenvalue weighted by Crippen LogP contribution is -2.30. The molecule has 1 unspecified atom stereocenters. The van der Waals surface area contributed by atoms with Gasteiger partial charge in [-0.15, -0.1) is 0 Å². The standard InChI is InChI=1S/C11H23NOS/c1-2-3-4-7-14-9-11(13)8-12-10-5-6-10/h10-13H,2-9H2,1H3. The highest BCUT2D eigenvalue weighted by atomic mass is 32.2. The molecule has 0 aromatic heterocycles. The van der Waals surface area contributed by atoms with Crippen LogP contribution in [0.5, 0.6) is 0 Å². The topological polar surface area (TPSA) is 32.3 Å². The van der Waals surface area contributed by atoms with E-state index in [2.05, 4.69) is 12.2 Å². The largest absolute Gasteiger partial charge is 0.391 e. The minimum absolute atomic E-state index is 0.151. The third kappa shape index (κ3) is 6.68. The second-order valence-electron chi connectivity index (χ2n) is 4.12. The zero-order valence-corrected chi connectivity index (χ0v) is 9.98. The van der Waals surface area contributed by atoms with Crippen LogP contribution < -0.4 is 5.32 Å². The van der Waals surface area contributed by atoms with Crippen molar-refractivity contribution in [2.24, 2.45) is 0 Å². The highest BCUT2D eigenvalue weighted by Gasteiger charge is 2.21. The van der Waals surface area contributed by atoms with E-state index < -0.39 is 0 Å². The Bertz CT molecular complexity index is 139. The van der Waals surface area contributed by atoms with Gasteiger partial charge in [-0.3, -0.25) is 0 Å². The summed E-state index contributed by atoms with van der Waals surface area (Å²) in [6, 6.07) is 0.717. The van der Waals surface area contributed by atoms with E-state index in [0.717, 1.165) is 18.3 Å². The van der Waals surface area contributed by atoms with Gasteiger partial charge in [-0.05, 0) is 25.0 Å². The van der Waals surface area contributed by atoms with Crippen molar-refractivity contribution < 1.29 is 5.11 Å². The minimum Gasteiger partial charge on any atom is -0.391 e. The van der Waals surface area contributed by atoms with Crippen molar-refractivity contribution >= 4 is 11.8 Å². The van der Waals surface area contributed by atoms with Gasteiger partial charge in [0.05, 0.1) is 6.10 Å². The summed E-state index contributed by atoms with van der Waals surface area (Å²) in [6.45, 7) is 3.00. The molecule has 1 fully saturated rings. The maximum atomic E-state index is 9.60. The predicted octanol–water partition coefficient (Wildman–Crippen LogP) is 2.02. The first kappa shape index (κ1) is 12.3. The Kier molecular flexibility index (Phi) is 6.65. The van der Waals surface area contributed by atoms with Gasteiger partial charge in [0.1, 0.15) is 0 Å². The lowest BCUT2D eigenvalue weighted by atomic mass is 10.3. The minimum atomic E-state index is -0.151. The maximum Gasteiger partial charge on any atom is 0.0754 e. The molecule has 1 rings (SSSR count). The number of nitrogens with one attached hydrogen (secondary N) is 1. The monoisotopic (exact) mass is 217 g/mol. The van der Waals surface area contributed by atoms with E-state index in [1.807, 2.05) is 11.8 Å². The number of aliphatic hydroxyl groups excluding tert-OH is 1. The van der Waals surface area contributed by atoms with Gasteiger partial charge >= 0.3 is 0 Å². The lowest BCUT2D eigenvalue weighted by Gasteiger charge is -2.10. The number of hydrogen-bond acceptors (Lipinski definition) is 3. The first-order valence-electron chi connectivity index (χ1n) is 5.82. The second kappa shape index (κ2) is 7.55. The van der Waals surface area contributed by atoms with E-state index >= 15 is 0 Å². The van der Waals surface area contributed by atoms with E-state index in [1.165, 1.54) is 37.9 Å². The van der Waals surface area contributed by atoms with Crippen LogP contribution in [0.25, 0.3) is 0 Å². The Labute approximate surface area is 91.9 Å². The molecule has 1 aliphatic carbocycles. The van der Waals surface area contributed by atoms with Crippen molar-refractivity contribution in [2.75, 3.05) is 18.1 Å². The zero-order valence-electron chi connectivity index (χ0n) is 9.17. The molecule has 0 amide bonds. The molecule has 1 atom stereocenters. The Hall–Kier alpha value is 0.270. The molecular weight excluding hydrogens is 194 g/mol. The normalized spacial score (nSPS) is 18.4. The van der Waals surface area contributed by atoms with Crippen LogP contribution in [0.4, 0.5) is 0 Å². The first-order chi connectivity index (χ1) is 6.83. The molecule has 2 N–H and O–H groups in total. The lowest BCUT2D eigenvalue weighted by molar-refractivity contribution is 0.195. The molecule has 0 bridgehead atoms. The molecule has 14 heavy (non-hydrogen) atoms. The van der Waals surface area contributed by atoms with E-state index in [-0.39, 0.29) is 6.10 Å². The SMILES string of the molecule is CCCCCSCC(O)CNC1CC1.